The van der Waals surface area contributed by atoms with Crippen LogP contribution in [0.2, 0.25) is 0 Å². The third kappa shape index (κ3) is 3.93. The molecule has 3 amide bonds. The number of piperidine rings is 1. The summed E-state index contributed by atoms with van der Waals surface area (Å²) in [7, 11) is 1.53. The molecule has 1 spiro atoms. The van der Waals surface area contributed by atoms with Gasteiger partial charge in [0.15, 0.2) is 0 Å². The number of benzene rings is 2. The van der Waals surface area contributed by atoms with Gasteiger partial charge in [0.05, 0.1) is 12.6 Å². The molecule has 3 aliphatic rings. The number of urea groups is 1. The van der Waals surface area contributed by atoms with E-state index >= 15 is 0 Å². The lowest BCUT2D eigenvalue weighted by molar-refractivity contribution is 0.0985. The van der Waals surface area contributed by atoms with Gasteiger partial charge >= 0.3 is 6.03 Å². The van der Waals surface area contributed by atoms with Gasteiger partial charge in [-0.25, -0.2) is 9.18 Å². The Labute approximate surface area is 220 Å². The van der Waals surface area contributed by atoms with Crippen LogP contribution in [0, 0.1) is 5.82 Å². The molecular formula is C29H30FN5O3. The SMILES string of the molecule is COc1cc(C(=O)N2CC(C)(C)c3cc(F)ccc32)cc(N2CCC3(CC2)NC(=O)Nc2ccccc23)n1. The topological polar surface area (TPSA) is 86.8 Å². The molecule has 0 saturated carbocycles. The van der Waals surface area contributed by atoms with E-state index in [1.54, 1.807) is 23.1 Å². The van der Waals surface area contributed by atoms with Crippen molar-refractivity contribution in [2.45, 2.75) is 37.6 Å². The molecule has 4 heterocycles. The molecule has 38 heavy (non-hydrogen) atoms. The Morgan fingerprint density at radius 2 is 1.82 bits per heavy atom. The zero-order valence-corrected chi connectivity index (χ0v) is 21.7. The van der Waals surface area contributed by atoms with Crippen LogP contribution in [0.4, 0.5) is 26.4 Å². The molecule has 0 unspecified atom stereocenters. The Bertz CT molecular complexity index is 1450. The van der Waals surface area contributed by atoms with Crippen molar-refractivity contribution in [3.63, 3.8) is 0 Å². The van der Waals surface area contributed by atoms with Gasteiger partial charge in [0.1, 0.15) is 11.6 Å². The number of aromatic nitrogens is 1. The van der Waals surface area contributed by atoms with E-state index in [2.05, 4.69) is 26.6 Å². The van der Waals surface area contributed by atoms with Crippen LogP contribution in [-0.4, -0.2) is 43.7 Å². The van der Waals surface area contributed by atoms with E-state index in [9.17, 15) is 14.0 Å². The van der Waals surface area contributed by atoms with Crippen LogP contribution < -0.4 is 25.2 Å². The first-order chi connectivity index (χ1) is 18.2. The molecule has 1 aromatic heterocycles. The van der Waals surface area contributed by atoms with Crippen LogP contribution in [0.5, 0.6) is 5.88 Å². The minimum atomic E-state index is -0.451. The van der Waals surface area contributed by atoms with Gasteiger partial charge in [-0.3, -0.25) is 4.79 Å². The highest BCUT2D eigenvalue weighted by molar-refractivity contribution is 6.08. The quantitative estimate of drug-likeness (QED) is 0.524. The zero-order chi connectivity index (χ0) is 26.7. The second-order valence-corrected chi connectivity index (χ2v) is 10.9. The second-order valence-electron chi connectivity index (χ2n) is 10.9. The summed E-state index contributed by atoms with van der Waals surface area (Å²) in [6.07, 6.45) is 1.39. The highest BCUT2D eigenvalue weighted by atomic mass is 19.1. The molecule has 3 aliphatic heterocycles. The number of hydrogen-bond acceptors (Lipinski definition) is 5. The van der Waals surface area contributed by atoms with Crippen LogP contribution in [0.15, 0.2) is 54.6 Å². The number of ether oxygens (including phenoxy) is 1. The number of para-hydroxylation sites is 1. The summed E-state index contributed by atoms with van der Waals surface area (Å²) in [5, 5.41) is 6.06. The van der Waals surface area contributed by atoms with Gasteiger partial charge in [-0.15, -0.1) is 0 Å². The maximum Gasteiger partial charge on any atom is 0.319 e. The summed E-state index contributed by atoms with van der Waals surface area (Å²) in [5.41, 5.74) is 3.10. The number of nitrogens with zero attached hydrogens (tertiary/aromatic N) is 3. The van der Waals surface area contributed by atoms with Gasteiger partial charge in [-0.2, -0.15) is 4.98 Å². The molecule has 9 heteroatoms. The number of halogens is 1. The lowest BCUT2D eigenvalue weighted by atomic mass is 9.79. The van der Waals surface area contributed by atoms with Gasteiger partial charge in [-0.05, 0) is 48.7 Å². The predicted molar refractivity (Wildman–Crippen MR) is 144 cm³/mol. The maximum absolute atomic E-state index is 14.0. The van der Waals surface area contributed by atoms with E-state index in [-0.39, 0.29) is 23.2 Å². The molecule has 0 atom stereocenters. The highest BCUT2D eigenvalue weighted by Gasteiger charge is 2.43. The van der Waals surface area contributed by atoms with Gasteiger partial charge < -0.3 is 25.2 Å². The third-order valence-electron chi connectivity index (χ3n) is 8.01. The monoisotopic (exact) mass is 515 g/mol. The summed E-state index contributed by atoms with van der Waals surface area (Å²) in [6, 6.07) is 15.7. The van der Waals surface area contributed by atoms with Crippen LogP contribution in [-0.2, 0) is 11.0 Å². The van der Waals surface area contributed by atoms with Crippen LogP contribution in [0.1, 0.15) is 48.2 Å². The number of carbonyl (C=O) groups is 2. The van der Waals surface area contributed by atoms with Gasteiger partial charge in [0, 0.05) is 53.6 Å². The average Bonchev–Trinajstić information content (AvgIpc) is 3.18. The fraction of sp³-hybridized carbons (Fsp3) is 0.345. The fourth-order valence-electron chi connectivity index (χ4n) is 6.03. The largest absolute Gasteiger partial charge is 0.481 e. The molecule has 8 nitrogen and oxygen atoms in total. The van der Waals surface area contributed by atoms with Crippen molar-refractivity contribution in [1.82, 2.24) is 10.3 Å². The summed E-state index contributed by atoms with van der Waals surface area (Å²) in [4.78, 5) is 34.7. The lowest BCUT2D eigenvalue weighted by Gasteiger charge is -2.45. The molecule has 196 valence electrons. The van der Waals surface area contributed by atoms with E-state index in [0.717, 1.165) is 22.5 Å². The molecule has 2 aromatic carbocycles. The normalized spacial score (nSPS) is 18.9. The van der Waals surface area contributed by atoms with Crippen LogP contribution >= 0.6 is 0 Å². The van der Waals surface area contributed by atoms with Crippen LogP contribution in [0.25, 0.3) is 0 Å². The molecule has 0 bridgehead atoms. The molecule has 1 saturated heterocycles. The predicted octanol–water partition coefficient (Wildman–Crippen LogP) is 4.80. The molecular weight excluding hydrogens is 485 g/mol. The zero-order valence-electron chi connectivity index (χ0n) is 21.7. The van der Waals surface area contributed by atoms with Gasteiger partial charge in [-0.1, -0.05) is 32.0 Å². The Morgan fingerprint density at radius 3 is 2.58 bits per heavy atom. The molecule has 0 aliphatic carbocycles. The molecule has 3 aromatic rings. The van der Waals surface area contributed by atoms with Crippen molar-refractivity contribution in [2.24, 2.45) is 0 Å². The standard InChI is InChI=1S/C29H30FN5O3/c1-28(2)17-35(23-9-8-19(30)16-21(23)28)26(36)18-14-24(32-25(15-18)38-3)34-12-10-29(11-13-34)20-6-4-5-7-22(20)31-27(37)33-29/h4-9,14-16H,10-13,17H2,1-3H3,(H2,31,33,37). The number of nitrogens with one attached hydrogen (secondary N) is 2. The molecule has 2 N–H and O–H groups in total. The summed E-state index contributed by atoms with van der Waals surface area (Å²) >= 11 is 0. The third-order valence-corrected chi connectivity index (χ3v) is 8.01. The number of carbonyl (C=O) groups excluding carboxylic acids is 2. The number of pyridine rings is 1. The number of anilines is 3. The molecule has 1 fully saturated rings. The number of fused-ring (bicyclic) bond motifs is 3. The van der Waals surface area contributed by atoms with Gasteiger partial charge in [0.25, 0.3) is 5.91 Å². The van der Waals surface area contributed by atoms with Crippen molar-refractivity contribution in [1.29, 1.82) is 0 Å². The number of rotatable bonds is 3. The Kier molecular flexibility index (Phi) is 5.55. The van der Waals surface area contributed by atoms with E-state index < -0.39 is 5.54 Å². The number of methoxy groups -OCH3 is 1. The lowest BCUT2D eigenvalue weighted by Crippen LogP contribution is -2.57. The summed E-state index contributed by atoms with van der Waals surface area (Å²) in [6.45, 7) is 5.75. The molecule has 6 rings (SSSR count). The highest BCUT2D eigenvalue weighted by Crippen LogP contribution is 2.43. The fourth-order valence-corrected chi connectivity index (χ4v) is 6.03. The van der Waals surface area contributed by atoms with Crippen molar-refractivity contribution in [3.8, 4) is 5.88 Å². The average molecular weight is 516 g/mol. The van der Waals surface area contributed by atoms with Gasteiger partial charge in [0.2, 0.25) is 5.88 Å². The summed E-state index contributed by atoms with van der Waals surface area (Å²) in [5.74, 6) is 0.506. The van der Waals surface area contributed by atoms with Crippen LogP contribution in [0.3, 0.4) is 0 Å². The number of amides is 3. The molecule has 0 radical (unpaired) electrons. The minimum Gasteiger partial charge on any atom is -0.481 e. The summed E-state index contributed by atoms with van der Waals surface area (Å²) < 4.78 is 19.5. The second kappa shape index (κ2) is 8.72. The number of hydrogen-bond donors (Lipinski definition) is 2. The first-order valence-electron chi connectivity index (χ1n) is 12.8. The Hall–Kier alpha value is -4.14. The smallest absolute Gasteiger partial charge is 0.319 e. The van der Waals surface area contributed by atoms with Crippen molar-refractivity contribution in [3.05, 3.63) is 77.1 Å². The minimum absolute atomic E-state index is 0.182. The van der Waals surface area contributed by atoms with E-state index in [1.807, 2.05) is 32.0 Å². The Morgan fingerprint density at radius 1 is 1.05 bits per heavy atom. The maximum atomic E-state index is 14.0. The van der Waals surface area contributed by atoms with E-state index in [4.69, 9.17) is 4.74 Å². The van der Waals surface area contributed by atoms with E-state index in [0.29, 0.717) is 49.7 Å². The first-order valence-corrected chi connectivity index (χ1v) is 12.8. The Balaban J connectivity index is 1.28. The van der Waals surface area contributed by atoms with Crippen molar-refractivity contribution >= 4 is 29.1 Å². The first kappa shape index (κ1) is 24.2. The van der Waals surface area contributed by atoms with E-state index in [1.165, 1.54) is 19.2 Å². The van der Waals surface area contributed by atoms with Crippen molar-refractivity contribution < 1.29 is 18.7 Å². The van der Waals surface area contributed by atoms with Crippen molar-refractivity contribution in [2.75, 3.05) is 41.9 Å².